The number of rotatable bonds is 1. The zero-order chi connectivity index (χ0) is 8.67. The van der Waals surface area contributed by atoms with Crippen LogP contribution in [0.2, 0.25) is 0 Å². The quantitative estimate of drug-likeness (QED) is 0.634. The van der Waals surface area contributed by atoms with Crippen molar-refractivity contribution in [3.63, 3.8) is 0 Å². The fraction of sp³-hybridized carbons (Fsp3) is 0.273. The van der Waals surface area contributed by atoms with Crippen LogP contribution in [0.1, 0.15) is 12.1 Å². The average Bonchev–Trinajstić information content (AvgIpc) is 2.96. The Morgan fingerprint density at radius 3 is 3.00 bits per heavy atom. The Labute approximate surface area is 77.0 Å². The second kappa shape index (κ2) is 2.52. The van der Waals surface area contributed by atoms with Gasteiger partial charge in [-0.1, -0.05) is 12.1 Å². The Morgan fingerprint density at radius 2 is 2.23 bits per heavy atom. The number of nitrogens with zero attached hydrogens (tertiary/aromatic N) is 2. The predicted octanol–water partition coefficient (Wildman–Crippen LogP) is 2.14. The van der Waals surface area contributed by atoms with E-state index in [9.17, 15) is 0 Å². The second-order valence-electron chi connectivity index (χ2n) is 3.61. The van der Waals surface area contributed by atoms with Gasteiger partial charge in [0.15, 0.2) is 0 Å². The highest BCUT2D eigenvalue weighted by molar-refractivity contribution is 5.79. The van der Waals surface area contributed by atoms with Crippen molar-refractivity contribution >= 4 is 11.9 Å². The smallest absolute Gasteiger partial charge is 0.0882 e. The van der Waals surface area contributed by atoms with Gasteiger partial charge in [-0.3, -0.25) is 9.98 Å². The van der Waals surface area contributed by atoms with E-state index in [-0.39, 0.29) is 0 Å². The molecule has 64 valence electrons. The standard InChI is InChI=1S/C11H10N2/c1-2-4-12-10(3-1)11-6-8-5-9(8)7-13-11/h1-4,6-9H,5H2. The lowest BCUT2D eigenvalue weighted by atomic mass is 10.2. The van der Waals surface area contributed by atoms with Crippen molar-refractivity contribution < 1.29 is 0 Å². The first-order valence-electron chi connectivity index (χ1n) is 4.61. The Bertz CT molecular complexity index is 378. The molecule has 2 nitrogen and oxygen atoms in total. The van der Waals surface area contributed by atoms with Gasteiger partial charge >= 0.3 is 0 Å². The zero-order valence-electron chi connectivity index (χ0n) is 7.22. The largest absolute Gasteiger partial charge is 0.259 e. The number of aliphatic imine (C=N–C) groups is 1. The van der Waals surface area contributed by atoms with Crippen LogP contribution in [0, 0.1) is 11.8 Å². The van der Waals surface area contributed by atoms with Crippen LogP contribution in [0.25, 0.3) is 5.70 Å². The summed E-state index contributed by atoms with van der Waals surface area (Å²) < 4.78 is 0. The van der Waals surface area contributed by atoms with Crippen molar-refractivity contribution in [2.24, 2.45) is 16.8 Å². The molecule has 0 saturated heterocycles. The molecule has 1 saturated carbocycles. The van der Waals surface area contributed by atoms with E-state index < -0.39 is 0 Å². The summed E-state index contributed by atoms with van der Waals surface area (Å²) in [4.78, 5) is 8.67. The maximum Gasteiger partial charge on any atom is 0.0882 e. The minimum Gasteiger partial charge on any atom is -0.259 e. The molecule has 1 aliphatic carbocycles. The topological polar surface area (TPSA) is 25.2 Å². The molecule has 2 heteroatoms. The number of fused-ring (bicyclic) bond motifs is 1. The van der Waals surface area contributed by atoms with E-state index in [1.54, 1.807) is 0 Å². The molecule has 0 bridgehead atoms. The van der Waals surface area contributed by atoms with E-state index in [2.05, 4.69) is 22.3 Å². The van der Waals surface area contributed by atoms with Crippen LogP contribution in [-0.2, 0) is 0 Å². The van der Waals surface area contributed by atoms with E-state index in [1.807, 2.05) is 24.4 Å². The van der Waals surface area contributed by atoms with Crippen molar-refractivity contribution in [2.45, 2.75) is 6.42 Å². The Morgan fingerprint density at radius 1 is 1.23 bits per heavy atom. The maximum absolute atomic E-state index is 4.40. The summed E-state index contributed by atoms with van der Waals surface area (Å²) in [6.45, 7) is 0. The fourth-order valence-electron chi connectivity index (χ4n) is 1.69. The maximum atomic E-state index is 4.40. The van der Waals surface area contributed by atoms with E-state index in [1.165, 1.54) is 6.42 Å². The third-order valence-electron chi connectivity index (χ3n) is 2.60. The molecule has 13 heavy (non-hydrogen) atoms. The lowest BCUT2D eigenvalue weighted by Crippen LogP contribution is -1.93. The molecule has 1 aromatic heterocycles. The van der Waals surface area contributed by atoms with Gasteiger partial charge in [-0.2, -0.15) is 0 Å². The lowest BCUT2D eigenvalue weighted by Gasteiger charge is -2.03. The van der Waals surface area contributed by atoms with Gasteiger partial charge in [0.05, 0.1) is 11.4 Å². The van der Waals surface area contributed by atoms with E-state index in [0.717, 1.165) is 23.2 Å². The molecule has 2 heterocycles. The summed E-state index contributed by atoms with van der Waals surface area (Å²) in [7, 11) is 0. The summed E-state index contributed by atoms with van der Waals surface area (Å²) in [5.74, 6) is 1.47. The Balaban J connectivity index is 1.98. The molecule has 1 aromatic rings. The van der Waals surface area contributed by atoms with Gasteiger partial charge in [0.2, 0.25) is 0 Å². The zero-order valence-corrected chi connectivity index (χ0v) is 7.22. The van der Waals surface area contributed by atoms with Crippen molar-refractivity contribution in [2.75, 3.05) is 0 Å². The Kier molecular flexibility index (Phi) is 1.36. The summed E-state index contributed by atoms with van der Waals surface area (Å²) in [5.41, 5.74) is 2.03. The summed E-state index contributed by atoms with van der Waals surface area (Å²) in [5, 5.41) is 0. The van der Waals surface area contributed by atoms with E-state index >= 15 is 0 Å². The fourth-order valence-corrected chi connectivity index (χ4v) is 1.69. The van der Waals surface area contributed by atoms with Crippen LogP contribution in [0.5, 0.6) is 0 Å². The van der Waals surface area contributed by atoms with Crippen LogP contribution in [0.15, 0.2) is 35.5 Å². The van der Waals surface area contributed by atoms with Gasteiger partial charge in [-0.15, -0.1) is 0 Å². The summed E-state index contributed by atoms with van der Waals surface area (Å²) >= 11 is 0. The molecule has 0 radical (unpaired) electrons. The number of aromatic nitrogens is 1. The molecule has 0 spiro atoms. The van der Waals surface area contributed by atoms with E-state index in [4.69, 9.17) is 0 Å². The molecule has 3 rings (SSSR count). The first-order chi connectivity index (χ1) is 6.43. The van der Waals surface area contributed by atoms with E-state index in [0.29, 0.717) is 0 Å². The van der Waals surface area contributed by atoms with Gasteiger partial charge in [-0.25, -0.2) is 0 Å². The first-order valence-corrected chi connectivity index (χ1v) is 4.61. The number of allylic oxidation sites excluding steroid dienone is 1. The molecule has 1 fully saturated rings. The lowest BCUT2D eigenvalue weighted by molar-refractivity contribution is 1.03. The van der Waals surface area contributed by atoms with Crippen LogP contribution in [-0.4, -0.2) is 11.2 Å². The summed E-state index contributed by atoms with van der Waals surface area (Å²) in [6.07, 6.45) is 7.40. The monoisotopic (exact) mass is 170 g/mol. The molecule has 2 atom stereocenters. The van der Waals surface area contributed by atoms with Crippen LogP contribution >= 0.6 is 0 Å². The van der Waals surface area contributed by atoms with Crippen molar-refractivity contribution in [3.8, 4) is 0 Å². The van der Waals surface area contributed by atoms with Gasteiger partial charge in [-0.05, 0) is 24.5 Å². The molecule has 0 amide bonds. The highest BCUT2D eigenvalue weighted by Gasteiger charge is 2.36. The number of pyridine rings is 1. The molecule has 0 aromatic carbocycles. The number of hydrogen-bond donors (Lipinski definition) is 0. The normalized spacial score (nSPS) is 29.4. The average molecular weight is 170 g/mol. The summed E-state index contributed by atoms with van der Waals surface area (Å²) in [6, 6.07) is 5.93. The van der Waals surface area contributed by atoms with Gasteiger partial charge in [0.1, 0.15) is 0 Å². The third-order valence-corrected chi connectivity index (χ3v) is 2.60. The first kappa shape index (κ1) is 7.01. The molecule has 2 unspecified atom stereocenters. The SMILES string of the molecule is C1=NC(c2ccccn2)=CC2CC12. The second-order valence-corrected chi connectivity index (χ2v) is 3.61. The van der Waals surface area contributed by atoms with Crippen molar-refractivity contribution in [1.29, 1.82) is 0 Å². The highest BCUT2D eigenvalue weighted by Crippen LogP contribution is 2.42. The number of hydrogen-bond acceptors (Lipinski definition) is 2. The minimum atomic E-state index is 0.729. The van der Waals surface area contributed by atoms with Crippen molar-refractivity contribution in [1.82, 2.24) is 4.98 Å². The van der Waals surface area contributed by atoms with Gasteiger partial charge in [0.25, 0.3) is 0 Å². The minimum absolute atomic E-state index is 0.729. The molecule has 2 aliphatic rings. The Hall–Kier alpha value is -1.44. The third kappa shape index (κ3) is 1.18. The van der Waals surface area contributed by atoms with Gasteiger partial charge < -0.3 is 0 Å². The highest BCUT2D eigenvalue weighted by atomic mass is 14.8. The van der Waals surface area contributed by atoms with Crippen LogP contribution in [0.4, 0.5) is 0 Å². The van der Waals surface area contributed by atoms with Crippen LogP contribution in [0.3, 0.4) is 0 Å². The molecule has 0 N–H and O–H groups in total. The van der Waals surface area contributed by atoms with Gasteiger partial charge in [0, 0.05) is 18.3 Å². The molecular formula is C11H10N2. The predicted molar refractivity (Wildman–Crippen MR) is 52.3 cm³/mol. The molecular weight excluding hydrogens is 160 g/mol. The van der Waals surface area contributed by atoms with Crippen LogP contribution < -0.4 is 0 Å². The molecule has 1 aliphatic heterocycles. The van der Waals surface area contributed by atoms with Crippen molar-refractivity contribution in [3.05, 3.63) is 36.2 Å².